The maximum Gasteiger partial charge on any atom is 0.248 e. The highest BCUT2D eigenvalue weighted by molar-refractivity contribution is 6.02. The summed E-state index contributed by atoms with van der Waals surface area (Å²) in [6.45, 7) is 0. The van der Waals surface area contributed by atoms with Gasteiger partial charge in [0.15, 0.2) is 0 Å². The van der Waals surface area contributed by atoms with Crippen LogP contribution in [0.15, 0.2) is 42.5 Å². The summed E-state index contributed by atoms with van der Waals surface area (Å²) >= 11 is 0. The maximum absolute atomic E-state index is 12.1. The Bertz CT molecular complexity index is 757. The molecule has 1 amide bonds. The highest BCUT2D eigenvalue weighted by Gasteiger charge is 2.07. The second-order valence-corrected chi connectivity index (χ2v) is 4.89. The average molecular weight is 328 g/mol. The Morgan fingerprint density at radius 1 is 1.00 bits per heavy atom. The number of hydrogen-bond acceptors (Lipinski definition) is 5. The number of nitrogen functional groups attached to an aromatic ring is 1. The minimum Gasteiger partial charge on any atom is -0.497 e. The molecule has 0 bridgehead atoms. The Morgan fingerprint density at radius 3 is 2.38 bits per heavy atom. The summed E-state index contributed by atoms with van der Waals surface area (Å²) < 4.78 is 15.5. The minimum absolute atomic E-state index is 0.284. The molecular weight excluding hydrogens is 308 g/mol. The van der Waals surface area contributed by atoms with Crippen LogP contribution >= 0.6 is 0 Å². The normalized spacial score (nSPS) is 10.5. The molecule has 0 heterocycles. The minimum atomic E-state index is -0.284. The van der Waals surface area contributed by atoms with Crippen LogP contribution in [-0.4, -0.2) is 27.2 Å². The van der Waals surface area contributed by atoms with E-state index in [-0.39, 0.29) is 5.91 Å². The molecule has 6 nitrogen and oxygen atoms in total. The lowest BCUT2D eigenvalue weighted by atomic mass is 10.1. The first-order valence-electron chi connectivity index (χ1n) is 7.22. The highest BCUT2D eigenvalue weighted by Crippen LogP contribution is 2.29. The van der Waals surface area contributed by atoms with Gasteiger partial charge in [-0.1, -0.05) is 6.07 Å². The topological polar surface area (TPSA) is 82.8 Å². The van der Waals surface area contributed by atoms with Crippen molar-refractivity contribution in [2.45, 2.75) is 0 Å². The van der Waals surface area contributed by atoms with Crippen molar-refractivity contribution < 1.29 is 19.0 Å². The largest absolute Gasteiger partial charge is 0.497 e. The quantitative estimate of drug-likeness (QED) is 0.629. The summed E-state index contributed by atoms with van der Waals surface area (Å²) in [7, 11) is 4.65. The van der Waals surface area contributed by atoms with Crippen LogP contribution in [0.4, 0.5) is 11.4 Å². The van der Waals surface area contributed by atoms with Crippen LogP contribution in [0.25, 0.3) is 6.08 Å². The number of ether oxygens (including phenoxy) is 3. The lowest BCUT2D eigenvalue weighted by molar-refractivity contribution is -0.111. The molecule has 0 aromatic heterocycles. The van der Waals surface area contributed by atoms with Gasteiger partial charge in [0.1, 0.15) is 17.2 Å². The molecule has 0 aliphatic carbocycles. The second-order valence-electron chi connectivity index (χ2n) is 4.89. The Kier molecular flexibility index (Phi) is 5.68. The molecule has 0 saturated heterocycles. The van der Waals surface area contributed by atoms with Gasteiger partial charge >= 0.3 is 0 Å². The van der Waals surface area contributed by atoms with Crippen molar-refractivity contribution in [1.29, 1.82) is 0 Å². The molecule has 0 atom stereocenters. The van der Waals surface area contributed by atoms with Gasteiger partial charge in [-0.15, -0.1) is 0 Å². The third-order valence-corrected chi connectivity index (χ3v) is 3.35. The fourth-order valence-corrected chi connectivity index (χ4v) is 2.10. The van der Waals surface area contributed by atoms with Gasteiger partial charge in [0, 0.05) is 12.1 Å². The average Bonchev–Trinajstić information content (AvgIpc) is 2.60. The summed E-state index contributed by atoms with van der Waals surface area (Å²) in [5, 5.41) is 2.76. The molecule has 0 unspecified atom stereocenters. The molecule has 126 valence electrons. The number of nitrogens with one attached hydrogen (secondary N) is 1. The highest BCUT2D eigenvalue weighted by atomic mass is 16.5. The predicted octanol–water partition coefficient (Wildman–Crippen LogP) is 2.95. The van der Waals surface area contributed by atoms with Gasteiger partial charge in [0.2, 0.25) is 5.91 Å². The summed E-state index contributed by atoms with van der Waals surface area (Å²) in [6.07, 6.45) is 3.09. The number of rotatable bonds is 6. The summed E-state index contributed by atoms with van der Waals surface area (Å²) in [6, 6.07) is 10.5. The number of methoxy groups -OCH3 is 3. The standard InChI is InChI=1S/C18H20N2O4/c1-22-13-6-7-15(17(11-13)24-3)20-18(21)9-5-12-4-8-16(23-2)14(19)10-12/h4-11H,19H2,1-3H3,(H,20,21)/b9-5-. The van der Waals surface area contributed by atoms with Gasteiger partial charge < -0.3 is 25.3 Å². The van der Waals surface area contributed by atoms with Gasteiger partial charge in [-0.2, -0.15) is 0 Å². The van der Waals surface area contributed by atoms with Crippen molar-refractivity contribution in [2.24, 2.45) is 0 Å². The summed E-state index contributed by atoms with van der Waals surface area (Å²) in [5.74, 6) is 1.48. The number of benzene rings is 2. The lowest BCUT2D eigenvalue weighted by Gasteiger charge is -2.10. The fourth-order valence-electron chi connectivity index (χ4n) is 2.10. The van der Waals surface area contributed by atoms with Crippen molar-refractivity contribution in [2.75, 3.05) is 32.4 Å². The molecule has 24 heavy (non-hydrogen) atoms. The molecule has 0 radical (unpaired) electrons. The van der Waals surface area contributed by atoms with Gasteiger partial charge in [0.25, 0.3) is 0 Å². The van der Waals surface area contributed by atoms with E-state index >= 15 is 0 Å². The molecule has 0 saturated carbocycles. The number of hydrogen-bond donors (Lipinski definition) is 2. The molecule has 0 aliphatic rings. The third-order valence-electron chi connectivity index (χ3n) is 3.35. The molecule has 0 fully saturated rings. The van der Waals surface area contributed by atoms with Crippen molar-refractivity contribution >= 4 is 23.4 Å². The van der Waals surface area contributed by atoms with Gasteiger partial charge in [-0.05, 0) is 35.9 Å². The van der Waals surface area contributed by atoms with Gasteiger partial charge in [0.05, 0.1) is 32.7 Å². The Morgan fingerprint density at radius 2 is 1.75 bits per heavy atom. The SMILES string of the molecule is COc1ccc(NC(=O)/C=C\c2ccc(OC)c(N)c2)c(OC)c1. The number of carbonyl (C=O) groups excluding carboxylic acids is 1. The van der Waals surface area contributed by atoms with E-state index < -0.39 is 0 Å². The zero-order valence-corrected chi connectivity index (χ0v) is 13.8. The Labute approximate surface area is 140 Å². The number of anilines is 2. The van der Waals surface area contributed by atoms with Crippen LogP contribution in [0.2, 0.25) is 0 Å². The van der Waals surface area contributed by atoms with Crippen LogP contribution in [-0.2, 0) is 4.79 Å². The zero-order chi connectivity index (χ0) is 17.5. The molecular formula is C18H20N2O4. The Balaban J connectivity index is 2.09. The number of amides is 1. The fraction of sp³-hybridized carbons (Fsp3) is 0.167. The van der Waals surface area contributed by atoms with Crippen LogP contribution in [0.3, 0.4) is 0 Å². The Hall–Kier alpha value is -3.15. The van der Waals surface area contributed by atoms with Gasteiger partial charge in [-0.3, -0.25) is 4.79 Å². The first-order valence-corrected chi connectivity index (χ1v) is 7.22. The van der Waals surface area contributed by atoms with Crippen LogP contribution in [0.5, 0.6) is 17.2 Å². The first-order chi connectivity index (χ1) is 11.6. The lowest BCUT2D eigenvalue weighted by Crippen LogP contribution is -2.09. The van der Waals surface area contributed by atoms with Crippen molar-refractivity contribution in [3.05, 3.63) is 48.0 Å². The molecule has 2 aromatic rings. The predicted molar refractivity (Wildman–Crippen MR) is 94.6 cm³/mol. The molecule has 6 heteroatoms. The third kappa shape index (κ3) is 4.19. The van der Waals surface area contributed by atoms with Crippen molar-refractivity contribution in [3.63, 3.8) is 0 Å². The van der Waals surface area contributed by atoms with Gasteiger partial charge in [-0.25, -0.2) is 0 Å². The zero-order valence-electron chi connectivity index (χ0n) is 13.8. The number of carbonyl (C=O) groups is 1. The van der Waals surface area contributed by atoms with Crippen LogP contribution in [0.1, 0.15) is 5.56 Å². The summed E-state index contributed by atoms with van der Waals surface area (Å²) in [5.41, 5.74) is 7.70. The van der Waals surface area contributed by atoms with E-state index in [9.17, 15) is 4.79 Å². The second kappa shape index (κ2) is 7.92. The smallest absolute Gasteiger partial charge is 0.248 e. The molecule has 3 N–H and O–H groups in total. The van der Waals surface area contributed by atoms with E-state index in [0.717, 1.165) is 5.56 Å². The molecule has 0 spiro atoms. The van der Waals surface area contributed by atoms with Crippen LogP contribution in [0, 0.1) is 0 Å². The molecule has 2 rings (SSSR count). The van der Waals surface area contributed by atoms with E-state index in [1.165, 1.54) is 13.2 Å². The van der Waals surface area contributed by atoms with Crippen LogP contribution < -0.4 is 25.3 Å². The van der Waals surface area contributed by atoms with E-state index in [1.54, 1.807) is 50.6 Å². The monoisotopic (exact) mass is 328 g/mol. The maximum atomic E-state index is 12.1. The van der Waals surface area contributed by atoms with E-state index in [0.29, 0.717) is 28.6 Å². The molecule has 0 aliphatic heterocycles. The van der Waals surface area contributed by atoms with E-state index in [4.69, 9.17) is 19.9 Å². The summed E-state index contributed by atoms with van der Waals surface area (Å²) in [4.78, 5) is 12.1. The van der Waals surface area contributed by atoms with E-state index in [1.807, 2.05) is 6.07 Å². The van der Waals surface area contributed by atoms with E-state index in [2.05, 4.69) is 5.32 Å². The first kappa shape index (κ1) is 17.2. The molecule has 2 aromatic carbocycles. The van der Waals surface area contributed by atoms with Crippen molar-refractivity contribution in [1.82, 2.24) is 0 Å². The van der Waals surface area contributed by atoms with Crippen molar-refractivity contribution in [3.8, 4) is 17.2 Å². The number of nitrogens with two attached hydrogens (primary N) is 1.